The van der Waals surface area contributed by atoms with Gasteiger partial charge in [-0.05, 0) is 30.5 Å². The van der Waals surface area contributed by atoms with E-state index in [-0.39, 0.29) is 11.3 Å². The van der Waals surface area contributed by atoms with E-state index in [2.05, 4.69) is 39.6 Å². The summed E-state index contributed by atoms with van der Waals surface area (Å²) in [6.45, 7) is 0.701. The van der Waals surface area contributed by atoms with Crippen LogP contribution in [-0.2, 0) is 16.6 Å². The number of benzene rings is 1. The third-order valence-electron chi connectivity index (χ3n) is 4.64. The van der Waals surface area contributed by atoms with Gasteiger partial charge in [0.05, 0.1) is 17.8 Å². The molecule has 0 atom stereocenters. The van der Waals surface area contributed by atoms with Gasteiger partial charge >= 0.3 is 0 Å². The Morgan fingerprint density at radius 2 is 1.92 bits per heavy atom. The van der Waals surface area contributed by atoms with E-state index < -0.39 is 0 Å². The van der Waals surface area contributed by atoms with Crippen LogP contribution in [0.4, 0.5) is 0 Å². The molecule has 1 N–H and O–H groups in total. The van der Waals surface area contributed by atoms with Crippen LogP contribution in [0.5, 0.6) is 0 Å². The molecule has 0 radical (unpaired) electrons. The maximum absolute atomic E-state index is 12.3. The topological polar surface area (TPSA) is 54.9 Å². The molecule has 1 saturated carbocycles. The fourth-order valence-electron chi connectivity index (χ4n) is 3.00. The number of nitrogens with one attached hydrogen (secondary N) is 1. The Morgan fingerprint density at radius 1 is 1.12 bits per heavy atom. The highest BCUT2D eigenvalue weighted by atomic mass is 32.1. The number of carbonyl (C=O) groups excluding carboxylic acids is 1. The summed E-state index contributed by atoms with van der Waals surface area (Å²) in [5, 5.41) is 5.88. The van der Waals surface area contributed by atoms with E-state index in [4.69, 9.17) is 0 Å². The monoisotopic (exact) mass is 349 g/mol. The summed E-state index contributed by atoms with van der Waals surface area (Å²) >= 11 is 1.52. The lowest BCUT2D eigenvalue weighted by atomic mass is 9.96. The van der Waals surface area contributed by atoms with Crippen LogP contribution in [0, 0.1) is 0 Å². The summed E-state index contributed by atoms with van der Waals surface area (Å²) in [5.74, 6) is 0.0278. The summed E-state index contributed by atoms with van der Waals surface area (Å²) < 4.78 is 0. The van der Waals surface area contributed by atoms with Crippen molar-refractivity contribution in [2.75, 3.05) is 6.54 Å². The number of nitrogens with zero attached hydrogens (tertiary/aromatic N) is 2. The lowest BCUT2D eigenvalue weighted by Crippen LogP contribution is -2.33. The first kappa shape index (κ1) is 16.0. The molecule has 25 heavy (non-hydrogen) atoms. The number of amides is 1. The molecule has 0 saturated heterocycles. The van der Waals surface area contributed by atoms with Gasteiger partial charge in [0.25, 0.3) is 0 Å². The molecule has 1 aliphatic rings. The number of rotatable bonds is 6. The van der Waals surface area contributed by atoms with Gasteiger partial charge < -0.3 is 5.32 Å². The molecule has 4 nitrogen and oxygen atoms in total. The normalized spacial score (nSPS) is 14.9. The number of hydrogen-bond acceptors (Lipinski definition) is 4. The standard InChI is InChI=1S/C20H19N3OS/c24-18(22-14-20(9-10-20)15-6-2-1-3-7-15)12-16-13-25-19(23-16)17-8-4-5-11-21-17/h1-8,11,13H,9-10,12,14H2,(H,22,24). The molecule has 1 aliphatic carbocycles. The third kappa shape index (κ3) is 3.61. The van der Waals surface area contributed by atoms with Gasteiger partial charge in [-0.25, -0.2) is 4.98 Å². The summed E-state index contributed by atoms with van der Waals surface area (Å²) in [6, 6.07) is 16.2. The van der Waals surface area contributed by atoms with Crippen molar-refractivity contribution >= 4 is 17.2 Å². The summed E-state index contributed by atoms with van der Waals surface area (Å²) in [4.78, 5) is 21.1. The second-order valence-corrected chi connectivity index (χ2v) is 7.32. The molecule has 1 aromatic carbocycles. The Labute approximate surface area is 151 Å². The van der Waals surface area contributed by atoms with E-state index >= 15 is 0 Å². The molecule has 1 amide bonds. The van der Waals surface area contributed by atoms with Gasteiger partial charge in [-0.3, -0.25) is 9.78 Å². The molecule has 5 heteroatoms. The number of pyridine rings is 1. The molecular formula is C20H19N3OS. The van der Waals surface area contributed by atoms with Crippen LogP contribution in [0.2, 0.25) is 0 Å². The highest BCUT2D eigenvalue weighted by Gasteiger charge is 2.44. The highest BCUT2D eigenvalue weighted by Crippen LogP contribution is 2.47. The van der Waals surface area contributed by atoms with Crippen molar-refractivity contribution in [2.24, 2.45) is 0 Å². The van der Waals surface area contributed by atoms with Gasteiger partial charge in [0.1, 0.15) is 5.01 Å². The van der Waals surface area contributed by atoms with Gasteiger partial charge in [0.2, 0.25) is 5.91 Å². The summed E-state index contributed by atoms with van der Waals surface area (Å²) in [6.07, 6.45) is 4.34. The number of aromatic nitrogens is 2. The Morgan fingerprint density at radius 3 is 2.64 bits per heavy atom. The first-order valence-corrected chi connectivity index (χ1v) is 9.31. The fourth-order valence-corrected chi connectivity index (χ4v) is 3.80. The average molecular weight is 349 g/mol. The number of hydrogen-bond donors (Lipinski definition) is 1. The van der Waals surface area contributed by atoms with Gasteiger partial charge in [0.15, 0.2) is 0 Å². The Bertz CT molecular complexity index is 857. The number of carbonyl (C=O) groups is 1. The maximum Gasteiger partial charge on any atom is 0.226 e. The molecule has 1 fully saturated rings. The zero-order valence-corrected chi connectivity index (χ0v) is 14.6. The minimum Gasteiger partial charge on any atom is -0.355 e. The zero-order valence-electron chi connectivity index (χ0n) is 13.8. The van der Waals surface area contributed by atoms with Crippen molar-refractivity contribution in [1.82, 2.24) is 15.3 Å². The minimum absolute atomic E-state index is 0.0278. The van der Waals surface area contributed by atoms with Crippen molar-refractivity contribution < 1.29 is 4.79 Å². The van der Waals surface area contributed by atoms with Crippen LogP contribution in [0.1, 0.15) is 24.1 Å². The van der Waals surface area contributed by atoms with Crippen molar-refractivity contribution in [1.29, 1.82) is 0 Å². The zero-order chi connectivity index (χ0) is 17.1. The minimum atomic E-state index is 0.0278. The molecule has 0 bridgehead atoms. The van der Waals surface area contributed by atoms with E-state index in [1.165, 1.54) is 16.9 Å². The molecule has 0 spiro atoms. The first-order chi connectivity index (χ1) is 12.3. The fraction of sp³-hybridized carbons (Fsp3) is 0.250. The van der Waals surface area contributed by atoms with Crippen molar-refractivity contribution in [2.45, 2.75) is 24.7 Å². The summed E-state index contributed by atoms with van der Waals surface area (Å²) in [7, 11) is 0. The van der Waals surface area contributed by atoms with E-state index in [1.54, 1.807) is 6.20 Å². The van der Waals surface area contributed by atoms with Crippen LogP contribution < -0.4 is 5.32 Å². The van der Waals surface area contributed by atoms with Crippen molar-refractivity contribution in [3.63, 3.8) is 0 Å². The number of thiazole rings is 1. The van der Waals surface area contributed by atoms with Crippen LogP contribution in [-0.4, -0.2) is 22.4 Å². The third-order valence-corrected chi connectivity index (χ3v) is 5.55. The van der Waals surface area contributed by atoms with Crippen molar-refractivity contribution in [3.8, 4) is 10.7 Å². The van der Waals surface area contributed by atoms with Gasteiger partial charge in [-0.15, -0.1) is 11.3 Å². The maximum atomic E-state index is 12.3. The largest absolute Gasteiger partial charge is 0.355 e. The SMILES string of the molecule is O=C(Cc1csc(-c2ccccn2)n1)NCC1(c2ccccc2)CC1. The molecular weight excluding hydrogens is 330 g/mol. The average Bonchev–Trinajstić information content (AvgIpc) is 3.33. The molecule has 126 valence electrons. The van der Waals surface area contributed by atoms with Gasteiger partial charge in [-0.2, -0.15) is 0 Å². The Balaban J connectivity index is 1.35. The lowest BCUT2D eigenvalue weighted by molar-refractivity contribution is -0.120. The van der Waals surface area contributed by atoms with Gasteiger partial charge in [-0.1, -0.05) is 36.4 Å². The lowest BCUT2D eigenvalue weighted by Gasteiger charge is -2.16. The smallest absolute Gasteiger partial charge is 0.226 e. The van der Waals surface area contributed by atoms with Gasteiger partial charge in [0, 0.05) is 23.5 Å². The van der Waals surface area contributed by atoms with E-state index in [9.17, 15) is 4.79 Å². The predicted molar refractivity (Wildman–Crippen MR) is 99.4 cm³/mol. The van der Waals surface area contributed by atoms with E-state index in [0.29, 0.717) is 13.0 Å². The summed E-state index contributed by atoms with van der Waals surface area (Å²) in [5.41, 5.74) is 3.10. The Kier molecular flexibility index (Phi) is 4.32. The Hall–Kier alpha value is -2.53. The molecule has 3 aromatic rings. The van der Waals surface area contributed by atoms with E-state index in [1.807, 2.05) is 29.6 Å². The van der Waals surface area contributed by atoms with Crippen LogP contribution in [0.15, 0.2) is 60.1 Å². The molecule has 2 aromatic heterocycles. The second-order valence-electron chi connectivity index (χ2n) is 6.46. The van der Waals surface area contributed by atoms with E-state index in [0.717, 1.165) is 29.2 Å². The predicted octanol–water partition coefficient (Wildman–Crippen LogP) is 3.60. The second kappa shape index (κ2) is 6.76. The van der Waals surface area contributed by atoms with Crippen LogP contribution >= 0.6 is 11.3 Å². The molecule has 4 rings (SSSR count). The van der Waals surface area contributed by atoms with Crippen molar-refractivity contribution in [3.05, 3.63) is 71.4 Å². The molecule has 0 unspecified atom stereocenters. The molecule has 2 heterocycles. The van der Waals surface area contributed by atoms with Crippen LogP contribution in [0.3, 0.4) is 0 Å². The highest BCUT2D eigenvalue weighted by molar-refractivity contribution is 7.13. The molecule has 0 aliphatic heterocycles. The van der Waals surface area contributed by atoms with Crippen LogP contribution in [0.25, 0.3) is 10.7 Å². The first-order valence-electron chi connectivity index (χ1n) is 8.43. The quantitative estimate of drug-likeness (QED) is 0.740.